The molecule has 0 spiro atoms. The number of sulfonamides is 1. The number of hydrogen-bond acceptors (Lipinski definition) is 3. The molecule has 0 saturated heterocycles. The summed E-state index contributed by atoms with van der Waals surface area (Å²) in [5, 5.41) is 3.16. The van der Waals surface area contributed by atoms with Crippen molar-refractivity contribution in [3.63, 3.8) is 0 Å². The number of rotatable bonds is 4. The quantitative estimate of drug-likeness (QED) is 0.645. The number of fused-ring (bicyclic) bond motifs is 1. The highest BCUT2D eigenvalue weighted by Crippen LogP contribution is 2.27. The molecule has 0 fully saturated rings. The maximum atomic E-state index is 13.2. The standard InChI is InChI=1S/C22H18ClFN2O3S/c23-21-4-2-1-3-20(21)22(27)25-18-8-5-15-11-12-26(14-16(15)13-18)30(28,29)19-9-6-17(24)7-10-19/h1-10,13H,11-12,14H2,(H,25,27). The average molecular weight is 445 g/mol. The minimum atomic E-state index is -3.74. The molecule has 0 aliphatic carbocycles. The smallest absolute Gasteiger partial charge is 0.257 e. The molecular formula is C22H18ClFN2O3S. The van der Waals surface area contributed by atoms with Crippen LogP contribution in [0.4, 0.5) is 10.1 Å². The Balaban J connectivity index is 1.56. The summed E-state index contributed by atoms with van der Waals surface area (Å²) in [5.41, 5.74) is 2.75. The minimum Gasteiger partial charge on any atom is -0.322 e. The first-order valence-corrected chi connectivity index (χ1v) is 11.1. The highest BCUT2D eigenvalue weighted by molar-refractivity contribution is 7.89. The number of hydrogen-bond donors (Lipinski definition) is 1. The van der Waals surface area contributed by atoms with Gasteiger partial charge in [-0.15, -0.1) is 0 Å². The van der Waals surface area contributed by atoms with Gasteiger partial charge in [-0.1, -0.05) is 29.8 Å². The van der Waals surface area contributed by atoms with Crippen LogP contribution in [0.15, 0.2) is 71.6 Å². The van der Waals surface area contributed by atoms with E-state index in [4.69, 9.17) is 11.6 Å². The Bertz CT molecular complexity index is 1210. The Labute approximate surface area is 179 Å². The summed E-state index contributed by atoms with van der Waals surface area (Å²) in [7, 11) is -3.74. The lowest BCUT2D eigenvalue weighted by atomic mass is 10.0. The largest absolute Gasteiger partial charge is 0.322 e. The van der Waals surface area contributed by atoms with E-state index in [0.29, 0.717) is 29.2 Å². The topological polar surface area (TPSA) is 66.5 Å². The SMILES string of the molecule is O=C(Nc1ccc2c(c1)CN(S(=O)(=O)c1ccc(F)cc1)CC2)c1ccccc1Cl. The van der Waals surface area contributed by atoms with Crippen LogP contribution in [-0.4, -0.2) is 25.2 Å². The Morgan fingerprint density at radius 1 is 1.00 bits per heavy atom. The molecule has 1 amide bonds. The van der Waals surface area contributed by atoms with Gasteiger partial charge in [-0.05, 0) is 66.1 Å². The number of nitrogens with zero attached hydrogens (tertiary/aromatic N) is 1. The summed E-state index contributed by atoms with van der Waals surface area (Å²) in [6.07, 6.45) is 0.550. The summed E-state index contributed by atoms with van der Waals surface area (Å²) < 4.78 is 40.3. The first-order chi connectivity index (χ1) is 14.3. The summed E-state index contributed by atoms with van der Waals surface area (Å²) in [5.74, 6) is -0.830. The third-order valence-electron chi connectivity index (χ3n) is 5.01. The van der Waals surface area contributed by atoms with E-state index in [-0.39, 0.29) is 17.3 Å². The van der Waals surface area contributed by atoms with Gasteiger partial charge < -0.3 is 5.32 Å². The number of carbonyl (C=O) groups is 1. The summed E-state index contributed by atoms with van der Waals surface area (Å²) in [6.45, 7) is 0.503. The second-order valence-corrected chi connectivity index (χ2v) is 9.31. The summed E-state index contributed by atoms with van der Waals surface area (Å²) >= 11 is 6.08. The Morgan fingerprint density at radius 3 is 2.47 bits per heavy atom. The fourth-order valence-electron chi connectivity index (χ4n) is 3.41. The van der Waals surface area contributed by atoms with Gasteiger partial charge in [0.25, 0.3) is 5.91 Å². The number of halogens is 2. The number of carbonyl (C=O) groups excluding carboxylic acids is 1. The van der Waals surface area contributed by atoms with Gasteiger partial charge >= 0.3 is 0 Å². The van der Waals surface area contributed by atoms with Gasteiger partial charge in [0.15, 0.2) is 0 Å². The second kappa shape index (κ2) is 8.18. The van der Waals surface area contributed by atoms with Crippen molar-refractivity contribution >= 4 is 33.2 Å². The van der Waals surface area contributed by atoms with E-state index in [2.05, 4.69) is 5.32 Å². The fourth-order valence-corrected chi connectivity index (χ4v) is 5.05. The van der Waals surface area contributed by atoms with Crippen LogP contribution in [0.1, 0.15) is 21.5 Å². The van der Waals surface area contributed by atoms with Gasteiger partial charge in [0.1, 0.15) is 5.82 Å². The lowest BCUT2D eigenvalue weighted by molar-refractivity contribution is 0.102. The molecule has 8 heteroatoms. The van der Waals surface area contributed by atoms with Gasteiger partial charge in [-0.25, -0.2) is 12.8 Å². The number of nitrogens with one attached hydrogen (secondary N) is 1. The first kappa shape index (κ1) is 20.5. The average Bonchev–Trinajstić information content (AvgIpc) is 2.73. The molecule has 0 aromatic heterocycles. The van der Waals surface area contributed by atoms with E-state index in [9.17, 15) is 17.6 Å². The van der Waals surface area contributed by atoms with Crippen LogP contribution >= 0.6 is 11.6 Å². The summed E-state index contributed by atoms with van der Waals surface area (Å²) in [4.78, 5) is 12.6. The second-order valence-electron chi connectivity index (χ2n) is 6.96. The van der Waals surface area contributed by atoms with Crippen LogP contribution in [-0.2, 0) is 23.0 Å². The van der Waals surface area contributed by atoms with Crippen molar-refractivity contribution in [3.05, 3.63) is 94.3 Å². The predicted molar refractivity (Wildman–Crippen MR) is 114 cm³/mol. The monoisotopic (exact) mass is 444 g/mol. The predicted octanol–water partition coefficient (Wildman–Crippen LogP) is 4.48. The normalized spacial score (nSPS) is 14.2. The zero-order chi connectivity index (χ0) is 21.3. The van der Waals surface area contributed by atoms with Gasteiger partial charge in [0.05, 0.1) is 15.5 Å². The first-order valence-electron chi connectivity index (χ1n) is 9.28. The Kier molecular flexibility index (Phi) is 5.60. The highest BCUT2D eigenvalue weighted by atomic mass is 35.5. The molecule has 0 saturated carbocycles. The third-order valence-corrected chi connectivity index (χ3v) is 7.20. The van der Waals surface area contributed by atoms with E-state index >= 15 is 0 Å². The van der Waals surface area contributed by atoms with E-state index in [1.165, 1.54) is 16.4 Å². The zero-order valence-corrected chi connectivity index (χ0v) is 17.4. The van der Waals surface area contributed by atoms with Crippen LogP contribution in [0.2, 0.25) is 5.02 Å². The number of benzene rings is 3. The number of amides is 1. The van der Waals surface area contributed by atoms with Crippen LogP contribution in [0.5, 0.6) is 0 Å². The molecule has 5 nitrogen and oxygen atoms in total. The van der Waals surface area contributed by atoms with E-state index in [1.54, 1.807) is 36.4 Å². The molecule has 4 rings (SSSR count). The molecule has 0 atom stereocenters. The maximum Gasteiger partial charge on any atom is 0.257 e. The molecule has 30 heavy (non-hydrogen) atoms. The zero-order valence-electron chi connectivity index (χ0n) is 15.8. The molecule has 1 aliphatic heterocycles. The van der Waals surface area contributed by atoms with Crippen molar-refractivity contribution in [2.75, 3.05) is 11.9 Å². The minimum absolute atomic E-state index is 0.0514. The Morgan fingerprint density at radius 2 is 1.73 bits per heavy atom. The van der Waals surface area contributed by atoms with Gasteiger partial charge in [-0.2, -0.15) is 4.31 Å². The summed E-state index contributed by atoms with van der Waals surface area (Å²) in [6, 6.07) is 17.0. The van der Waals surface area contributed by atoms with Crippen molar-refractivity contribution in [3.8, 4) is 0 Å². The third kappa shape index (κ3) is 4.09. The molecule has 1 N–H and O–H groups in total. The lowest BCUT2D eigenvalue weighted by Crippen LogP contribution is -2.36. The van der Waals surface area contributed by atoms with Crippen LogP contribution < -0.4 is 5.32 Å². The van der Waals surface area contributed by atoms with Gasteiger partial charge in [0, 0.05) is 18.8 Å². The lowest BCUT2D eigenvalue weighted by Gasteiger charge is -2.28. The maximum absolute atomic E-state index is 13.2. The van der Waals surface area contributed by atoms with Crippen LogP contribution in [0, 0.1) is 5.82 Å². The van der Waals surface area contributed by atoms with Crippen LogP contribution in [0.25, 0.3) is 0 Å². The van der Waals surface area contributed by atoms with E-state index in [0.717, 1.165) is 23.3 Å². The molecule has 0 unspecified atom stereocenters. The molecule has 0 bridgehead atoms. The molecule has 154 valence electrons. The fraction of sp³-hybridized carbons (Fsp3) is 0.136. The molecule has 0 radical (unpaired) electrons. The highest BCUT2D eigenvalue weighted by Gasteiger charge is 2.28. The van der Waals surface area contributed by atoms with Crippen LogP contribution in [0.3, 0.4) is 0 Å². The number of anilines is 1. The molecule has 1 heterocycles. The molecular weight excluding hydrogens is 427 g/mol. The molecule has 1 aliphatic rings. The van der Waals surface area contributed by atoms with Gasteiger partial charge in [0.2, 0.25) is 10.0 Å². The molecule has 3 aromatic rings. The van der Waals surface area contributed by atoms with Gasteiger partial charge in [-0.3, -0.25) is 4.79 Å². The van der Waals surface area contributed by atoms with Crippen molar-refractivity contribution in [1.82, 2.24) is 4.31 Å². The van der Waals surface area contributed by atoms with Crippen molar-refractivity contribution < 1.29 is 17.6 Å². The van der Waals surface area contributed by atoms with Crippen molar-refractivity contribution in [1.29, 1.82) is 0 Å². The van der Waals surface area contributed by atoms with Crippen molar-refractivity contribution in [2.24, 2.45) is 0 Å². The van der Waals surface area contributed by atoms with E-state index in [1.807, 2.05) is 6.07 Å². The van der Waals surface area contributed by atoms with Crippen molar-refractivity contribution in [2.45, 2.75) is 17.9 Å². The van der Waals surface area contributed by atoms with E-state index < -0.39 is 15.8 Å². The molecule has 3 aromatic carbocycles. The Hall–Kier alpha value is -2.74.